The molecule has 0 spiro atoms. The first-order valence-electron chi connectivity index (χ1n) is 9.39. The molecule has 9 heteroatoms. The molecule has 1 aromatic rings. The fourth-order valence-electron chi connectivity index (χ4n) is 2.91. The summed E-state index contributed by atoms with van der Waals surface area (Å²) in [6.45, 7) is 0.356. The van der Waals surface area contributed by atoms with Crippen LogP contribution in [0.15, 0.2) is 30.3 Å². The summed E-state index contributed by atoms with van der Waals surface area (Å²) in [6, 6.07) is 8.51. The molecule has 0 unspecified atom stereocenters. The van der Waals surface area contributed by atoms with Crippen molar-refractivity contribution in [2.45, 2.75) is 31.7 Å². The van der Waals surface area contributed by atoms with Crippen molar-refractivity contribution in [3.05, 3.63) is 30.3 Å². The van der Waals surface area contributed by atoms with Gasteiger partial charge in [-0.05, 0) is 37.8 Å². The minimum Gasteiger partial charge on any atom is -0.455 e. The van der Waals surface area contributed by atoms with Gasteiger partial charge in [-0.1, -0.05) is 18.2 Å². The minimum absolute atomic E-state index is 0.139. The highest BCUT2D eigenvalue weighted by Gasteiger charge is 2.29. The molecular formula is C19H24N4O5. The van der Waals surface area contributed by atoms with Gasteiger partial charge in [-0.15, -0.1) is 0 Å². The minimum atomic E-state index is -0.661. The monoisotopic (exact) mass is 388 g/mol. The number of benzene rings is 1. The van der Waals surface area contributed by atoms with E-state index in [1.165, 1.54) is 0 Å². The third kappa shape index (κ3) is 5.97. The van der Waals surface area contributed by atoms with Gasteiger partial charge in [0.25, 0.3) is 5.91 Å². The molecule has 0 atom stereocenters. The molecule has 1 aliphatic heterocycles. The van der Waals surface area contributed by atoms with Crippen LogP contribution < -0.4 is 16.0 Å². The first-order chi connectivity index (χ1) is 13.5. The zero-order valence-corrected chi connectivity index (χ0v) is 15.5. The largest absolute Gasteiger partial charge is 0.455 e. The molecule has 2 fully saturated rings. The second kappa shape index (κ2) is 9.20. The van der Waals surface area contributed by atoms with Crippen molar-refractivity contribution in [3.8, 4) is 0 Å². The lowest BCUT2D eigenvalue weighted by Gasteiger charge is -2.30. The SMILES string of the molecule is O=C(COC(=O)C1CCN(C(=O)Nc2ccccc2)CC1)NC(=O)NC1CC1. The number of ether oxygens (including phenoxy) is 1. The second-order valence-corrected chi connectivity index (χ2v) is 6.96. The second-order valence-electron chi connectivity index (χ2n) is 6.96. The Hall–Kier alpha value is -3.10. The summed E-state index contributed by atoms with van der Waals surface area (Å²) in [4.78, 5) is 49.1. The van der Waals surface area contributed by atoms with Crippen LogP contribution in [-0.4, -0.2) is 54.6 Å². The molecule has 1 saturated heterocycles. The Labute approximate surface area is 162 Å². The van der Waals surface area contributed by atoms with Gasteiger partial charge >= 0.3 is 18.0 Å². The number of carbonyl (C=O) groups excluding carboxylic acids is 4. The lowest BCUT2D eigenvalue weighted by molar-refractivity contribution is -0.153. The number of piperidine rings is 1. The van der Waals surface area contributed by atoms with Gasteiger partial charge in [0.05, 0.1) is 5.92 Å². The Morgan fingerprint density at radius 2 is 1.68 bits per heavy atom. The predicted octanol–water partition coefficient (Wildman–Crippen LogP) is 1.46. The summed E-state index contributed by atoms with van der Waals surface area (Å²) < 4.78 is 5.01. The lowest BCUT2D eigenvalue weighted by Crippen LogP contribution is -2.44. The number of carbonyl (C=O) groups is 4. The van der Waals surface area contributed by atoms with Crippen molar-refractivity contribution >= 4 is 29.6 Å². The molecule has 5 amide bonds. The Kier molecular flexibility index (Phi) is 6.46. The van der Waals surface area contributed by atoms with E-state index in [0.29, 0.717) is 31.6 Å². The quantitative estimate of drug-likeness (QED) is 0.660. The number of likely N-dealkylation sites (tertiary alicyclic amines) is 1. The van der Waals surface area contributed by atoms with E-state index in [9.17, 15) is 19.2 Å². The Morgan fingerprint density at radius 3 is 2.32 bits per heavy atom. The number of amides is 5. The highest BCUT2D eigenvalue weighted by atomic mass is 16.5. The predicted molar refractivity (Wildman–Crippen MR) is 100 cm³/mol. The van der Waals surface area contributed by atoms with E-state index in [0.717, 1.165) is 12.8 Å². The number of esters is 1. The van der Waals surface area contributed by atoms with Crippen molar-refractivity contribution in [3.63, 3.8) is 0 Å². The number of hydrogen-bond donors (Lipinski definition) is 3. The van der Waals surface area contributed by atoms with E-state index in [1.807, 2.05) is 18.2 Å². The molecule has 1 aliphatic carbocycles. The number of hydrogen-bond acceptors (Lipinski definition) is 5. The summed E-state index contributed by atoms with van der Waals surface area (Å²) in [7, 11) is 0. The number of nitrogens with one attached hydrogen (secondary N) is 3. The van der Waals surface area contributed by atoms with Gasteiger partial charge in [-0.3, -0.25) is 14.9 Å². The lowest BCUT2D eigenvalue weighted by atomic mass is 9.97. The summed E-state index contributed by atoms with van der Waals surface area (Å²) in [5, 5.41) is 7.55. The number of urea groups is 2. The smallest absolute Gasteiger partial charge is 0.321 e. The molecule has 3 rings (SSSR count). The van der Waals surface area contributed by atoms with Crippen LogP contribution in [0.2, 0.25) is 0 Å². The van der Waals surface area contributed by atoms with E-state index < -0.39 is 24.5 Å². The van der Waals surface area contributed by atoms with Crippen LogP contribution in [0.3, 0.4) is 0 Å². The van der Waals surface area contributed by atoms with Gasteiger partial charge in [-0.25, -0.2) is 9.59 Å². The summed E-state index contributed by atoms with van der Waals surface area (Å²) in [5.41, 5.74) is 0.714. The number of para-hydroxylation sites is 1. The molecule has 28 heavy (non-hydrogen) atoms. The number of imide groups is 1. The highest BCUT2D eigenvalue weighted by molar-refractivity contribution is 5.95. The Morgan fingerprint density at radius 1 is 1.00 bits per heavy atom. The average Bonchev–Trinajstić information content (AvgIpc) is 3.50. The molecule has 3 N–H and O–H groups in total. The van der Waals surface area contributed by atoms with Gasteiger partial charge in [-0.2, -0.15) is 0 Å². The van der Waals surface area contributed by atoms with E-state index >= 15 is 0 Å². The van der Waals surface area contributed by atoms with Gasteiger partial charge in [0, 0.05) is 24.8 Å². The Bertz CT molecular complexity index is 727. The van der Waals surface area contributed by atoms with Crippen molar-refractivity contribution < 1.29 is 23.9 Å². The molecular weight excluding hydrogens is 364 g/mol. The fraction of sp³-hybridized carbons (Fsp3) is 0.474. The van der Waals surface area contributed by atoms with Crippen molar-refractivity contribution in [2.75, 3.05) is 25.0 Å². The van der Waals surface area contributed by atoms with Crippen LogP contribution >= 0.6 is 0 Å². The maximum atomic E-state index is 12.3. The molecule has 1 aromatic carbocycles. The first-order valence-corrected chi connectivity index (χ1v) is 9.39. The molecule has 0 bridgehead atoms. The topological polar surface area (TPSA) is 117 Å². The summed E-state index contributed by atoms with van der Waals surface area (Å²) in [6.07, 6.45) is 2.76. The standard InChI is InChI=1S/C19H24N4O5/c24-16(22-18(26)20-15-6-7-15)12-28-17(25)13-8-10-23(11-9-13)19(27)21-14-4-2-1-3-5-14/h1-5,13,15H,6-12H2,(H,21,27)(H2,20,22,24,26). The van der Waals surface area contributed by atoms with E-state index in [1.54, 1.807) is 17.0 Å². The van der Waals surface area contributed by atoms with Crippen LogP contribution in [0, 0.1) is 5.92 Å². The Balaban J connectivity index is 1.34. The van der Waals surface area contributed by atoms with Crippen molar-refractivity contribution in [2.24, 2.45) is 5.92 Å². The summed E-state index contributed by atoms with van der Waals surface area (Å²) >= 11 is 0. The van der Waals surface area contributed by atoms with E-state index in [4.69, 9.17) is 4.74 Å². The highest BCUT2D eigenvalue weighted by Crippen LogP contribution is 2.20. The molecule has 1 heterocycles. The zero-order chi connectivity index (χ0) is 19.9. The molecule has 0 radical (unpaired) electrons. The maximum Gasteiger partial charge on any atom is 0.321 e. The number of anilines is 1. The first kappa shape index (κ1) is 19.7. The van der Waals surface area contributed by atoms with Crippen LogP contribution in [0.25, 0.3) is 0 Å². The zero-order valence-electron chi connectivity index (χ0n) is 15.5. The fourth-order valence-corrected chi connectivity index (χ4v) is 2.91. The van der Waals surface area contributed by atoms with Gasteiger partial charge in [0.2, 0.25) is 0 Å². The van der Waals surface area contributed by atoms with Crippen LogP contribution in [-0.2, 0) is 14.3 Å². The third-order valence-electron chi connectivity index (χ3n) is 4.65. The van der Waals surface area contributed by atoms with Crippen LogP contribution in [0.5, 0.6) is 0 Å². The average molecular weight is 388 g/mol. The van der Waals surface area contributed by atoms with Crippen molar-refractivity contribution in [1.82, 2.24) is 15.5 Å². The summed E-state index contributed by atoms with van der Waals surface area (Å²) in [5.74, 6) is -1.51. The molecule has 9 nitrogen and oxygen atoms in total. The molecule has 2 aliphatic rings. The maximum absolute atomic E-state index is 12.3. The van der Waals surface area contributed by atoms with E-state index in [2.05, 4.69) is 16.0 Å². The van der Waals surface area contributed by atoms with Gasteiger partial charge < -0.3 is 20.3 Å². The number of nitrogens with zero attached hydrogens (tertiary/aromatic N) is 1. The number of rotatable bonds is 5. The van der Waals surface area contributed by atoms with Crippen molar-refractivity contribution in [1.29, 1.82) is 0 Å². The molecule has 150 valence electrons. The molecule has 1 saturated carbocycles. The van der Waals surface area contributed by atoms with E-state index in [-0.39, 0.29) is 18.0 Å². The van der Waals surface area contributed by atoms with Crippen LogP contribution in [0.4, 0.5) is 15.3 Å². The molecule has 0 aromatic heterocycles. The van der Waals surface area contributed by atoms with Gasteiger partial charge in [0.1, 0.15) is 0 Å². The van der Waals surface area contributed by atoms with Gasteiger partial charge in [0.15, 0.2) is 6.61 Å². The normalized spacial score (nSPS) is 16.8. The van der Waals surface area contributed by atoms with Crippen LogP contribution in [0.1, 0.15) is 25.7 Å². The third-order valence-corrected chi connectivity index (χ3v) is 4.65.